The van der Waals surface area contributed by atoms with E-state index in [1.54, 1.807) is 17.3 Å². The van der Waals surface area contributed by atoms with Gasteiger partial charge in [-0.3, -0.25) is 4.79 Å². The number of rotatable bonds is 1. The van der Waals surface area contributed by atoms with Gasteiger partial charge in [-0.25, -0.2) is 4.98 Å². The molecule has 1 N–H and O–H groups in total. The Morgan fingerprint density at radius 3 is 3.00 bits per heavy atom. The highest BCUT2D eigenvalue weighted by molar-refractivity contribution is 5.91. The van der Waals surface area contributed by atoms with Crippen LogP contribution in [0.4, 0.5) is 0 Å². The first-order valence-electron chi connectivity index (χ1n) is 4.06. The molecule has 1 aliphatic heterocycles. The van der Waals surface area contributed by atoms with Crippen LogP contribution in [0.25, 0.3) is 0 Å². The molecule has 1 saturated heterocycles. The number of nitrogens with one attached hydrogen (secondary N) is 1. The molecule has 1 aromatic rings. The van der Waals surface area contributed by atoms with Crippen molar-refractivity contribution in [3.8, 4) is 0 Å². The van der Waals surface area contributed by atoms with Gasteiger partial charge >= 0.3 is 0 Å². The van der Waals surface area contributed by atoms with Gasteiger partial charge in [0.05, 0.1) is 0 Å². The minimum atomic E-state index is 0.0121. The molecule has 0 aliphatic carbocycles. The predicted molar refractivity (Wildman–Crippen MR) is 43.7 cm³/mol. The Balaban J connectivity index is 2.03. The van der Waals surface area contributed by atoms with Crippen molar-refractivity contribution in [2.45, 2.75) is 6.92 Å². The van der Waals surface area contributed by atoms with Crippen molar-refractivity contribution >= 4 is 5.91 Å². The molecule has 64 valence electrons. The summed E-state index contributed by atoms with van der Waals surface area (Å²) in [4.78, 5) is 20.0. The predicted octanol–water partition coefficient (Wildman–Crippen LogP) is 0.502. The largest absolute Gasteiger partial charge is 0.341 e. The SMILES string of the molecule is CC1CN(C(=O)c2ncc[nH]2)C1. The van der Waals surface area contributed by atoms with Gasteiger partial charge in [0.25, 0.3) is 5.91 Å². The lowest BCUT2D eigenvalue weighted by molar-refractivity contribution is 0.0519. The van der Waals surface area contributed by atoms with Crippen molar-refractivity contribution in [1.29, 1.82) is 0 Å². The molecule has 1 aliphatic rings. The molecule has 0 bridgehead atoms. The van der Waals surface area contributed by atoms with Crippen LogP contribution >= 0.6 is 0 Å². The van der Waals surface area contributed by atoms with Crippen LogP contribution in [0.15, 0.2) is 12.4 Å². The summed E-state index contributed by atoms with van der Waals surface area (Å²) >= 11 is 0. The Labute approximate surface area is 70.6 Å². The van der Waals surface area contributed by atoms with Gasteiger partial charge in [0, 0.05) is 25.5 Å². The Hall–Kier alpha value is -1.32. The average Bonchev–Trinajstić information content (AvgIpc) is 2.49. The molecule has 0 radical (unpaired) electrons. The number of likely N-dealkylation sites (tertiary alicyclic amines) is 1. The first kappa shape index (κ1) is 7.34. The molecule has 1 aromatic heterocycles. The van der Waals surface area contributed by atoms with Crippen LogP contribution in [0.2, 0.25) is 0 Å². The number of carbonyl (C=O) groups excluding carboxylic acids is 1. The number of hydrogen-bond acceptors (Lipinski definition) is 2. The lowest BCUT2D eigenvalue weighted by atomic mass is 10.0. The van der Waals surface area contributed by atoms with E-state index in [1.165, 1.54) is 0 Å². The van der Waals surface area contributed by atoms with E-state index in [2.05, 4.69) is 16.9 Å². The zero-order valence-electron chi connectivity index (χ0n) is 6.95. The number of imidazole rings is 1. The molecular formula is C8H11N3O. The van der Waals surface area contributed by atoms with Crippen molar-refractivity contribution in [3.05, 3.63) is 18.2 Å². The molecule has 0 unspecified atom stereocenters. The van der Waals surface area contributed by atoms with E-state index in [9.17, 15) is 4.79 Å². The highest BCUT2D eigenvalue weighted by atomic mass is 16.2. The highest BCUT2D eigenvalue weighted by Crippen LogP contribution is 2.15. The molecule has 1 amide bonds. The van der Waals surface area contributed by atoms with E-state index in [-0.39, 0.29) is 5.91 Å². The summed E-state index contributed by atoms with van der Waals surface area (Å²) in [6, 6.07) is 0. The molecule has 1 fully saturated rings. The van der Waals surface area contributed by atoms with Gasteiger partial charge in [0.1, 0.15) is 0 Å². The molecule has 4 heteroatoms. The van der Waals surface area contributed by atoms with E-state index < -0.39 is 0 Å². The van der Waals surface area contributed by atoms with E-state index in [0.717, 1.165) is 13.1 Å². The van der Waals surface area contributed by atoms with Gasteiger partial charge in [-0.2, -0.15) is 0 Å². The zero-order valence-corrected chi connectivity index (χ0v) is 6.95. The summed E-state index contributed by atoms with van der Waals surface area (Å²) in [6.07, 6.45) is 3.26. The maximum absolute atomic E-state index is 11.5. The fourth-order valence-electron chi connectivity index (χ4n) is 1.40. The summed E-state index contributed by atoms with van der Waals surface area (Å²) in [5, 5.41) is 0. The van der Waals surface area contributed by atoms with Crippen LogP contribution in [0, 0.1) is 5.92 Å². The normalized spacial score (nSPS) is 17.6. The fourth-order valence-corrected chi connectivity index (χ4v) is 1.40. The molecule has 0 spiro atoms. The zero-order chi connectivity index (χ0) is 8.55. The summed E-state index contributed by atoms with van der Waals surface area (Å²) < 4.78 is 0. The lowest BCUT2D eigenvalue weighted by Gasteiger charge is -2.36. The summed E-state index contributed by atoms with van der Waals surface area (Å²) in [5.41, 5.74) is 0. The topological polar surface area (TPSA) is 49.0 Å². The Kier molecular flexibility index (Phi) is 1.60. The molecule has 2 rings (SSSR count). The molecular weight excluding hydrogens is 154 g/mol. The second-order valence-corrected chi connectivity index (χ2v) is 3.25. The molecule has 12 heavy (non-hydrogen) atoms. The van der Waals surface area contributed by atoms with Gasteiger partial charge in [-0.05, 0) is 5.92 Å². The van der Waals surface area contributed by atoms with Crippen molar-refractivity contribution in [2.24, 2.45) is 5.92 Å². The summed E-state index contributed by atoms with van der Waals surface area (Å²) in [6.45, 7) is 3.85. The van der Waals surface area contributed by atoms with Crippen LogP contribution in [0.3, 0.4) is 0 Å². The van der Waals surface area contributed by atoms with Gasteiger partial charge in [0.15, 0.2) is 5.82 Å². The fraction of sp³-hybridized carbons (Fsp3) is 0.500. The van der Waals surface area contributed by atoms with Crippen molar-refractivity contribution in [2.75, 3.05) is 13.1 Å². The Morgan fingerprint density at radius 2 is 2.50 bits per heavy atom. The molecule has 2 heterocycles. The number of H-pyrrole nitrogens is 1. The van der Waals surface area contributed by atoms with Crippen LogP contribution in [-0.4, -0.2) is 33.9 Å². The number of amides is 1. The third-order valence-electron chi connectivity index (χ3n) is 2.05. The Bertz CT molecular complexity index is 275. The van der Waals surface area contributed by atoms with Crippen molar-refractivity contribution in [1.82, 2.24) is 14.9 Å². The smallest absolute Gasteiger partial charge is 0.289 e. The minimum Gasteiger partial charge on any atom is -0.341 e. The monoisotopic (exact) mass is 165 g/mol. The van der Waals surface area contributed by atoms with Crippen molar-refractivity contribution < 1.29 is 4.79 Å². The average molecular weight is 165 g/mol. The number of nitrogens with zero attached hydrogens (tertiary/aromatic N) is 2. The maximum Gasteiger partial charge on any atom is 0.289 e. The highest BCUT2D eigenvalue weighted by Gasteiger charge is 2.28. The molecule has 4 nitrogen and oxygen atoms in total. The third-order valence-corrected chi connectivity index (χ3v) is 2.05. The van der Waals surface area contributed by atoms with Crippen LogP contribution in [0.5, 0.6) is 0 Å². The second-order valence-electron chi connectivity index (χ2n) is 3.25. The maximum atomic E-state index is 11.5. The van der Waals surface area contributed by atoms with E-state index in [1.807, 2.05) is 0 Å². The second kappa shape index (κ2) is 2.62. The Morgan fingerprint density at radius 1 is 1.75 bits per heavy atom. The number of aromatic nitrogens is 2. The summed E-state index contributed by atoms with van der Waals surface area (Å²) in [5.74, 6) is 1.10. The summed E-state index contributed by atoms with van der Waals surface area (Å²) in [7, 11) is 0. The van der Waals surface area contributed by atoms with E-state index in [0.29, 0.717) is 11.7 Å². The standard InChI is InChI=1S/C8H11N3O/c1-6-4-11(5-6)8(12)7-9-2-3-10-7/h2-3,6H,4-5H2,1H3,(H,9,10). The number of aromatic amines is 1. The number of carbonyl (C=O) groups is 1. The van der Waals surface area contributed by atoms with E-state index in [4.69, 9.17) is 0 Å². The van der Waals surface area contributed by atoms with Gasteiger partial charge in [0.2, 0.25) is 0 Å². The van der Waals surface area contributed by atoms with Crippen LogP contribution in [-0.2, 0) is 0 Å². The third kappa shape index (κ3) is 1.09. The van der Waals surface area contributed by atoms with Gasteiger partial charge in [-0.15, -0.1) is 0 Å². The quantitative estimate of drug-likeness (QED) is 0.658. The first-order chi connectivity index (χ1) is 5.77. The molecule has 0 aromatic carbocycles. The number of hydrogen-bond donors (Lipinski definition) is 1. The lowest BCUT2D eigenvalue weighted by Crippen LogP contribution is -2.48. The molecule has 0 saturated carbocycles. The van der Waals surface area contributed by atoms with Gasteiger partial charge < -0.3 is 9.88 Å². The first-order valence-corrected chi connectivity index (χ1v) is 4.06. The van der Waals surface area contributed by atoms with Crippen LogP contribution in [0.1, 0.15) is 17.5 Å². The molecule has 0 atom stereocenters. The van der Waals surface area contributed by atoms with E-state index >= 15 is 0 Å². The van der Waals surface area contributed by atoms with Crippen LogP contribution < -0.4 is 0 Å². The van der Waals surface area contributed by atoms with Gasteiger partial charge in [-0.1, -0.05) is 6.92 Å². The van der Waals surface area contributed by atoms with Crippen molar-refractivity contribution in [3.63, 3.8) is 0 Å². The minimum absolute atomic E-state index is 0.0121.